The number of sulfonamides is 1. The van der Waals surface area contributed by atoms with E-state index >= 15 is 0 Å². The lowest BCUT2D eigenvalue weighted by Crippen LogP contribution is -2.49. The van der Waals surface area contributed by atoms with Gasteiger partial charge in [0.1, 0.15) is 10.0 Å². The Morgan fingerprint density at radius 3 is 2.69 bits per heavy atom. The van der Waals surface area contributed by atoms with Crippen molar-refractivity contribution in [2.75, 3.05) is 38.1 Å². The van der Waals surface area contributed by atoms with E-state index in [0.717, 1.165) is 31.6 Å². The lowest BCUT2D eigenvalue weighted by Gasteiger charge is -2.34. The van der Waals surface area contributed by atoms with Crippen molar-refractivity contribution in [2.45, 2.75) is 23.1 Å². The molecule has 29 heavy (non-hydrogen) atoms. The van der Waals surface area contributed by atoms with E-state index in [2.05, 4.69) is 25.2 Å². The number of nitrogens with one attached hydrogen (secondary N) is 3. The Kier molecular flexibility index (Phi) is 7.45. The molecule has 0 spiro atoms. The fraction of sp³-hybridized carbons (Fsp3) is 0.421. The third-order valence-corrected chi connectivity index (χ3v) is 7.56. The number of rotatable bonds is 7. The normalized spacial score (nSPS) is 16.1. The summed E-state index contributed by atoms with van der Waals surface area (Å²) in [5, 5.41) is 8.25. The van der Waals surface area contributed by atoms with E-state index in [4.69, 9.17) is 0 Å². The van der Waals surface area contributed by atoms with Gasteiger partial charge in [0.05, 0.1) is 0 Å². The summed E-state index contributed by atoms with van der Waals surface area (Å²) in [5.41, 5.74) is 0.906. The Bertz CT molecular complexity index is 910. The molecule has 0 bridgehead atoms. The first-order valence-electron chi connectivity index (χ1n) is 9.49. The van der Waals surface area contributed by atoms with E-state index in [1.165, 1.54) is 17.4 Å². The second kappa shape index (κ2) is 10.0. The van der Waals surface area contributed by atoms with Crippen molar-refractivity contribution in [3.63, 3.8) is 0 Å². The van der Waals surface area contributed by atoms with Gasteiger partial charge in [0.15, 0.2) is 5.96 Å². The molecule has 1 aromatic carbocycles. The molecule has 1 aliphatic rings. The number of anilines is 1. The quantitative estimate of drug-likeness (QED) is 0.349. The van der Waals surface area contributed by atoms with E-state index in [1.54, 1.807) is 36.7 Å². The number of piperidine rings is 1. The molecule has 1 aromatic heterocycles. The number of halogens is 1. The molecule has 1 saturated heterocycles. The van der Waals surface area contributed by atoms with E-state index in [1.807, 2.05) is 6.07 Å². The second-order valence-corrected chi connectivity index (χ2v) is 9.66. The van der Waals surface area contributed by atoms with Gasteiger partial charge in [-0.05, 0) is 42.5 Å². The maximum Gasteiger partial charge on any atom is 0.250 e. The van der Waals surface area contributed by atoms with Gasteiger partial charge in [-0.2, -0.15) is 0 Å². The Hall–Kier alpha value is -2.17. The van der Waals surface area contributed by atoms with Crippen LogP contribution < -0.4 is 20.3 Å². The standard InChI is InChI=1S/C19H26FN5O2S2/c1-21-19(22-9-10-23-29(26,27)18-6-3-13-28-18)24-16-7-11-25(12-8-16)17-5-2-4-15(20)14-17/h2-6,13-14,16,23H,7-12H2,1H3,(H2,21,22,24). The predicted molar refractivity (Wildman–Crippen MR) is 116 cm³/mol. The summed E-state index contributed by atoms with van der Waals surface area (Å²) in [4.78, 5) is 6.39. The number of nitrogens with zero attached hydrogens (tertiary/aromatic N) is 2. The summed E-state index contributed by atoms with van der Waals surface area (Å²) in [6.07, 6.45) is 1.81. The van der Waals surface area contributed by atoms with Crippen LogP contribution in [0.5, 0.6) is 0 Å². The molecule has 3 N–H and O–H groups in total. The van der Waals surface area contributed by atoms with Gasteiger partial charge in [0.25, 0.3) is 0 Å². The van der Waals surface area contributed by atoms with Crippen LogP contribution in [0, 0.1) is 5.82 Å². The molecule has 1 aliphatic heterocycles. The number of hydrogen-bond donors (Lipinski definition) is 3. The van der Waals surface area contributed by atoms with E-state index in [-0.39, 0.29) is 18.4 Å². The first kappa shape index (κ1) is 21.5. The van der Waals surface area contributed by atoms with Crippen LogP contribution >= 0.6 is 11.3 Å². The number of benzene rings is 1. The number of guanidine groups is 1. The van der Waals surface area contributed by atoms with E-state index < -0.39 is 10.0 Å². The minimum atomic E-state index is -3.45. The predicted octanol–water partition coefficient (Wildman–Crippen LogP) is 2.00. The molecule has 1 fully saturated rings. The van der Waals surface area contributed by atoms with Crippen molar-refractivity contribution >= 4 is 33.0 Å². The fourth-order valence-corrected chi connectivity index (χ4v) is 5.27. The van der Waals surface area contributed by atoms with Gasteiger partial charge in [-0.3, -0.25) is 4.99 Å². The maximum atomic E-state index is 13.4. The molecule has 0 amide bonds. The van der Waals surface area contributed by atoms with Crippen molar-refractivity contribution in [2.24, 2.45) is 4.99 Å². The van der Waals surface area contributed by atoms with Crippen LogP contribution in [0.2, 0.25) is 0 Å². The van der Waals surface area contributed by atoms with Gasteiger partial charge in [-0.1, -0.05) is 12.1 Å². The SMILES string of the molecule is CN=C(NCCNS(=O)(=O)c1cccs1)NC1CCN(c2cccc(F)c2)CC1. The third kappa shape index (κ3) is 6.15. The van der Waals surface area contributed by atoms with Crippen LogP contribution in [-0.4, -0.2) is 53.6 Å². The van der Waals surface area contributed by atoms with Crippen LogP contribution in [0.25, 0.3) is 0 Å². The molecule has 0 aliphatic carbocycles. The average Bonchev–Trinajstić information content (AvgIpc) is 3.27. The van der Waals surface area contributed by atoms with Gasteiger partial charge in [-0.15, -0.1) is 11.3 Å². The lowest BCUT2D eigenvalue weighted by atomic mass is 10.0. The second-order valence-electron chi connectivity index (χ2n) is 6.71. The van der Waals surface area contributed by atoms with E-state index in [0.29, 0.717) is 16.7 Å². The van der Waals surface area contributed by atoms with Gasteiger partial charge in [-0.25, -0.2) is 17.5 Å². The minimum absolute atomic E-state index is 0.220. The zero-order chi connectivity index (χ0) is 20.7. The Morgan fingerprint density at radius 1 is 1.24 bits per heavy atom. The molecule has 0 unspecified atom stereocenters. The van der Waals surface area contributed by atoms with Crippen molar-refractivity contribution in [1.82, 2.24) is 15.4 Å². The molecule has 7 nitrogen and oxygen atoms in total. The molecular formula is C19H26FN5O2S2. The zero-order valence-corrected chi connectivity index (χ0v) is 17.9. The average molecular weight is 440 g/mol. The van der Waals surface area contributed by atoms with Gasteiger partial charge >= 0.3 is 0 Å². The zero-order valence-electron chi connectivity index (χ0n) is 16.3. The summed E-state index contributed by atoms with van der Waals surface area (Å²) in [6, 6.07) is 10.2. The maximum absolute atomic E-state index is 13.4. The highest BCUT2D eigenvalue weighted by Crippen LogP contribution is 2.20. The number of hydrogen-bond acceptors (Lipinski definition) is 5. The van der Waals surface area contributed by atoms with Gasteiger partial charge in [0, 0.05) is 45.0 Å². The van der Waals surface area contributed by atoms with Gasteiger partial charge in [0.2, 0.25) is 10.0 Å². The highest BCUT2D eigenvalue weighted by atomic mass is 32.2. The molecular weight excluding hydrogens is 413 g/mol. The lowest BCUT2D eigenvalue weighted by molar-refractivity contribution is 0.461. The Balaban J connectivity index is 1.39. The first-order valence-corrected chi connectivity index (χ1v) is 11.8. The van der Waals surface area contributed by atoms with Crippen LogP contribution in [0.4, 0.5) is 10.1 Å². The molecule has 3 rings (SSSR count). The van der Waals surface area contributed by atoms with Crippen LogP contribution in [0.1, 0.15) is 12.8 Å². The Morgan fingerprint density at radius 2 is 2.03 bits per heavy atom. The molecule has 2 heterocycles. The van der Waals surface area contributed by atoms with Crippen molar-refractivity contribution in [1.29, 1.82) is 0 Å². The molecule has 158 valence electrons. The molecule has 2 aromatic rings. The van der Waals surface area contributed by atoms with Crippen molar-refractivity contribution < 1.29 is 12.8 Å². The summed E-state index contributed by atoms with van der Waals surface area (Å²) < 4.78 is 40.5. The number of thiophene rings is 1. The highest BCUT2D eigenvalue weighted by Gasteiger charge is 2.20. The molecule has 0 radical (unpaired) electrons. The van der Waals surface area contributed by atoms with Crippen LogP contribution in [-0.2, 0) is 10.0 Å². The van der Waals surface area contributed by atoms with Crippen molar-refractivity contribution in [3.05, 3.63) is 47.6 Å². The van der Waals surface area contributed by atoms with Crippen LogP contribution in [0.15, 0.2) is 51.0 Å². The van der Waals surface area contributed by atoms with Crippen molar-refractivity contribution in [3.8, 4) is 0 Å². The smallest absolute Gasteiger partial charge is 0.250 e. The summed E-state index contributed by atoms with van der Waals surface area (Å²) in [7, 11) is -1.76. The summed E-state index contributed by atoms with van der Waals surface area (Å²) in [6.45, 7) is 2.35. The first-order chi connectivity index (χ1) is 14.0. The summed E-state index contributed by atoms with van der Waals surface area (Å²) >= 11 is 1.19. The van der Waals surface area contributed by atoms with Crippen LogP contribution in [0.3, 0.4) is 0 Å². The fourth-order valence-electron chi connectivity index (χ4n) is 3.20. The molecule has 0 atom stereocenters. The third-order valence-electron chi connectivity index (χ3n) is 4.70. The molecule has 10 heteroatoms. The topological polar surface area (TPSA) is 85.8 Å². The summed E-state index contributed by atoms with van der Waals surface area (Å²) in [5.74, 6) is 0.423. The van der Waals surface area contributed by atoms with E-state index in [9.17, 15) is 12.8 Å². The van der Waals surface area contributed by atoms with Gasteiger partial charge < -0.3 is 15.5 Å². The number of aliphatic imine (C=N–C) groups is 1. The molecule has 0 saturated carbocycles. The highest BCUT2D eigenvalue weighted by molar-refractivity contribution is 7.91. The Labute approximate surface area is 175 Å². The minimum Gasteiger partial charge on any atom is -0.371 e. The monoisotopic (exact) mass is 439 g/mol. The largest absolute Gasteiger partial charge is 0.371 e.